The van der Waals surface area contributed by atoms with Gasteiger partial charge >= 0.3 is 6.09 Å². The third-order valence-corrected chi connectivity index (χ3v) is 3.87. The van der Waals surface area contributed by atoms with Crippen LogP contribution in [0.3, 0.4) is 0 Å². The summed E-state index contributed by atoms with van der Waals surface area (Å²) in [5.74, 6) is 0.665. The van der Waals surface area contributed by atoms with Crippen molar-refractivity contribution < 1.29 is 23.8 Å². The number of carbonyl (C=O) groups is 2. The van der Waals surface area contributed by atoms with Gasteiger partial charge in [-0.2, -0.15) is 0 Å². The number of hydrogen-bond donors (Lipinski definition) is 2. The van der Waals surface area contributed by atoms with Crippen molar-refractivity contribution in [1.29, 1.82) is 0 Å². The van der Waals surface area contributed by atoms with E-state index in [4.69, 9.17) is 14.2 Å². The Morgan fingerprint density at radius 3 is 2.48 bits per heavy atom. The molecule has 0 saturated carbocycles. The zero-order chi connectivity index (χ0) is 17.8. The van der Waals surface area contributed by atoms with Gasteiger partial charge in [0.25, 0.3) is 5.91 Å². The second kappa shape index (κ2) is 7.12. The number of benzene rings is 2. The van der Waals surface area contributed by atoms with Crippen molar-refractivity contribution in [2.75, 3.05) is 19.5 Å². The summed E-state index contributed by atoms with van der Waals surface area (Å²) in [4.78, 5) is 24.2. The molecule has 2 amide bonds. The second-order valence-electron chi connectivity index (χ2n) is 5.42. The van der Waals surface area contributed by atoms with Gasteiger partial charge in [-0.3, -0.25) is 4.79 Å². The van der Waals surface area contributed by atoms with E-state index in [9.17, 15) is 9.59 Å². The monoisotopic (exact) mass is 342 g/mol. The third kappa shape index (κ3) is 3.50. The Morgan fingerprint density at radius 2 is 1.80 bits per heavy atom. The van der Waals surface area contributed by atoms with Gasteiger partial charge in [-0.05, 0) is 17.7 Å². The maximum absolute atomic E-state index is 12.6. The molecule has 25 heavy (non-hydrogen) atoms. The lowest BCUT2D eigenvalue weighted by molar-refractivity contribution is -0.119. The van der Waals surface area contributed by atoms with Crippen molar-refractivity contribution in [2.45, 2.75) is 12.1 Å². The standard InChI is InChI=1S/C18H18N2O5/c1-23-13-9-8-12(10-14(13)24-2)19-17(21)15-16(25-18(22)20-15)11-6-4-3-5-7-11/h3-10,15-16H,1-2H3,(H,19,21)(H,20,22). The summed E-state index contributed by atoms with van der Waals surface area (Å²) in [7, 11) is 3.05. The molecule has 0 aromatic heterocycles. The molecule has 3 rings (SSSR count). The zero-order valence-electron chi connectivity index (χ0n) is 13.8. The molecule has 1 heterocycles. The first kappa shape index (κ1) is 16.6. The van der Waals surface area contributed by atoms with E-state index in [1.54, 1.807) is 18.2 Å². The lowest BCUT2D eigenvalue weighted by atomic mass is 10.0. The fourth-order valence-electron chi connectivity index (χ4n) is 2.66. The van der Waals surface area contributed by atoms with Crippen LogP contribution >= 0.6 is 0 Å². The van der Waals surface area contributed by atoms with E-state index >= 15 is 0 Å². The number of cyclic esters (lactones) is 1. The third-order valence-electron chi connectivity index (χ3n) is 3.87. The minimum Gasteiger partial charge on any atom is -0.493 e. The fraction of sp³-hybridized carbons (Fsp3) is 0.222. The lowest BCUT2D eigenvalue weighted by Gasteiger charge is -2.17. The van der Waals surface area contributed by atoms with Crippen LogP contribution in [0.25, 0.3) is 0 Å². The van der Waals surface area contributed by atoms with Crippen LogP contribution in [0.5, 0.6) is 11.5 Å². The number of alkyl carbamates (subject to hydrolysis) is 1. The van der Waals surface area contributed by atoms with E-state index in [1.165, 1.54) is 14.2 Å². The topological polar surface area (TPSA) is 85.9 Å². The normalized spacial score (nSPS) is 18.9. The smallest absolute Gasteiger partial charge is 0.408 e. The van der Waals surface area contributed by atoms with Crippen LogP contribution in [0, 0.1) is 0 Å². The average molecular weight is 342 g/mol. The molecule has 7 nitrogen and oxygen atoms in total. The number of amides is 2. The number of rotatable bonds is 5. The van der Waals surface area contributed by atoms with Crippen LogP contribution < -0.4 is 20.1 Å². The van der Waals surface area contributed by atoms with Crippen molar-refractivity contribution in [3.63, 3.8) is 0 Å². The van der Waals surface area contributed by atoms with Gasteiger partial charge in [-0.15, -0.1) is 0 Å². The maximum Gasteiger partial charge on any atom is 0.408 e. The van der Waals surface area contributed by atoms with Crippen molar-refractivity contribution in [2.24, 2.45) is 0 Å². The molecule has 0 bridgehead atoms. The van der Waals surface area contributed by atoms with Crippen LogP contribution in [0.1, 0.15) is 11.7 Å². The predicted octanol–water partition coefficient (Wildman–Crippen LogP) is 2.49. The quantitative estimate of drug-likeness (QED) is 0.872. The highest BCUT2D eigenvalue weighted by atomic mass is 16.6. The number of carbonyl (C=O) groups excluding carboxylic acids is 2. The van der Waals surface area contributed by atoms with Gasteiger partial charge < -0.3 is 24.8 Å². The summed E-state index contributed by atoms with van der Waals surface area (Å²) in [5, 5.41) is 5.31. The molecule has 2 aromatic carbocycles. The SMILES string of the molecule is COc1ccc(NC(=O)C2NC(=O)OC2c2ccccc2)cc1OC. The van der Waals surface area contributed by atoms with Crippen LogP contribution in [-0.2, 0) is 9.53 Å². The molecule has 0 radical (unpaired) electrons. The van der Waals surface area contributed by atoms with Gasteiger partial charge in [-0.1, -0.05) is 30.3 Å². The molecule has 1 aliphatic heterocycles. The minimum atomic E-state index is -0.831. The Balaban J connectivity index is 1.79. The van der Waals surface area contributed by atoms with Crippen molar-refractivity contribution in [3.8, 4) is 11.5 Å². The van der Waals surface area contributed by atoms with Crippen LogP contribution in [0.2, 0.25) is 0 Å². The highest BCUT2D eigenvalue weighted by Crippen LogP contribution is 2.31. The Morgan fingerprint density at radius 1 is 1.08 bits per heavy atom. The lowest BCUT2D eigenvalue weighted by Crippen LogP contribution is -2.40. The van der Waals surface area contributed by atoms with E-state index in [2.05, 4.69) is 10.6 Å². The summed E-state index contributed by atoms with van der Waals surface area (Å²) >= 11 is 0. The van der Waals surface area contributed by atoms with Crippen molar-refractivity contribution >= 4 is 17.7 Å². The number of anilines is 1. The zero-order valence-corrected chi connectivity index (χ0v) is 13.8. The molecule has 1 saturated heterocycles. The maximum atomic E-state index is 12.6. The first-order valence-electron chi connectivity index (χ1n) is 7.67. The number of nitrogens with one attached hydrogen (secondary N) is 2. The number of methoxy groups -OCH3 is 2. The average Bonchev–Trinajstić information content (AvgIpc) is 3.04. The summed E-state index contributed by atoms with van der Waals surface area (Å²) < 4.78 is 15.6. The van der Waals surface area contributed by atoms with Gasteiger partial charge in [0.05, 0.1) is 14.2 Å². The Hall–Kier alpha value is -3.22. The van der Waals surface area contributed by atoms with Crippen molar-refractivity contribution in [1.82, 2.24) is 5.32 Å². The number of hydrogen-bond acceptors (Lipinski definition) is 5. The summed E-state index contributed by atoms with van der Waals surface area (Å²) in [6.07, 6.45) is -1.31. The van der Waals surface area contributed by atoms with E-state index in [-0.39, 0.29) is 5.91 Å². The molecule has 0 spiro atoms. The van der Waals surface area contributed by atoms with Crippen LogP contribution in [-0.4, -0.2) is 32.3 Å². The fourth-order valence-corrected chi connectivity index (χ4v) is 2.66. The molecule has 2 unspecified atom stereocenters. The molecule has 7 heteroatoms. The Kier molecular flexibility index (Phi) is 4.74. The van der Waals surface area contributed by atoms with E-state index < -0.39 is 18.2 Å². The second-order valence-corrected chi connectivity index (χ2v) is 5.42. The molecule has 130 valence electrons. The molecule has 0 aliphatic carbocycles. The Bertz CT molecular complexity index is 778. The molecule has 2 atom stereocenters. The van der Waals surface area contributed by atoms with Gasteiger partial charge in [0, 0.05) is 11.8 Å². The van der Waals surface area contributed by atoms with E-state index in [0.717, 1.165) is 5.56 Å². The molecule has 2 N–H and O–H groups in total. The molecule has 1 aliphatic rings. The summed E-state index contributed by atoms with van der Waals surface area (Å²) in [6.45, 7) is 0. The predicted molar refractivity (Wildman–Crippen MR) is 90.8 cm³/mol. The molecule has 1 fully saturated rings. The van der Waals surface area contributed by atoms with Crippen molar-refractivity contribution in [3.05, 3.63) is 54.1 Å². The van der Waals surface area contributed by atoms with E-state index in [0.29, 0.717) is 17.2 Å². The molecular weight excluding hydrogens is 324 g/mol. The first-order valence-corrected chi connectivity index (χ1v) is 7.67. The summed E-state index contributed by atoms with van der Waals surface area (Å²) in [6, 6.07) is 13.3. The van der Waals surface area contributed by atoms with Gasteiger partial charge in [0.1, 0.15) is 0 Å². The molecular formula is C18H18N2O5. The minimum absolute atomic E-state index is 0.382. The summed E-state index contributed by atoms with van der Waals surface area (Å²) in [5.41, 5.74) is 1.27. The largest absolute Gasteiger partial charge is 0.493 e. The van der Waals surface area contributed by atoms with Gasteiger partial charge in [0.15, 0.2) is 23.6 Å². The van der Waals surface area contributed by atoms with Crippen LogP contribution in [0.15, 0.2) is 48.5 Å². The first-order chi connectivity index (χ1) is 12.1. The highest BCUT2D eigenvalue weighted by molar-refractivity contribution is 5.98. The van der Waals surface area contributed by atoms with Gasteiger partial charge in [-0.25, -0.2) is 4.79 Å². The van der Waals surface area contributed by atoms with E-state index in [1.807, 2.05) is 30.3 Å². The Labute approximate surface area is 144 Å². The van der Waals surface area contributed by atoms with Gasteiger partial charge in [0.2, 0.25) is 0 Å². The number of ether oxygens (including phenoxy) is 3. The highest BCUT2D eigenvalue weighted by Gasteiger charge is 2.40. The van der Waals surface area contributed by atoms with Crippen LogP contribution in [0.4, 0.5) is 10.5 Å². The molecule has 2 aromatic rings.